The number of hydrogen-bond donors (Lipinski definition) is 0. The Morgan fingerprint density at radius 3 is 2.70 bits per heavy atom. The van der Waals surface area contributed by atoms with Gasteiger partial charge in [0.2, 0.25) is 0 Å². The predicted molar refractivity (Wildman–Crippen MR) is 118 cm³/mol. The monoisotopic (exact) mass is 549 g/mol. The van der Waals surface area contributed by atoms with Gasteiger partial charge in [-0.1, -0.05) is 46.0 Å². The van der Waals surface area contributed by atoms with Gasteiger partial charge in [0, 0.05) is 15.4 Å². The summed E-state index contributed by atoms with van der Waals surface area (Å²) in [7, 11) is 0. The lowest BCUT2D eigenvalue weighted by Gasteiger charge is -2.28. The quantitative estimate of drug-likeness (QED) is 0.0636. The van der Waals surface area contributed by atoms with Crippen molar-refractivity contribution in [3.8, 4) is 0 Å². The van der Waals surface area contributed by atoms with Crippen molar-refractivity contribution < 1.29 is 14.3 Å². The highest BCUT2D eigenvalue weighted by Gasteiger charge is 2.33. The smallest absolute Gasteiger partial charge is 0.302 e. The number of unbranched alkanes of at least 4 members (excludes halogenated alkanes) is 2. The van der Waals surface area contributed by atoms with Crippen LogP contribution in [0.25, 0.3) is 10.4 Å². The second-order valence-electron chi connectivity index (χ2n) is 6.64. The summed E-state index contributed by atoms with van der Waals surface area (Å²) in [6.45, 7) is 3.51. The lowest BCUT2D eigenvalue weighted by molar-refractivity contribution is -0.146. The number of benzene rings is 1. The van der Waals surface area contributed by atoms with E-state index in [0.29, 0.717) is 11.8 Å². The van der Waals surface area contributed by atoms with Crippen LogP contribution in [0.4, 0.5) is 0 Å². The van der Waals surface area contributed by atoms with Gasteiger partial charge in [-0.05, 0) is 72.0 Å². The molecule has 1 aromatic rings. The van der Waals surface area contributed by atoms with E-state index in [1.807, 2.05) is 25.1 Å². The van der Waals surface area contributed by atoms with Gasteiger partial charge in [-0.2, -0.15) is 0 Å². The molecule has 0 aliphatic heterocycles. The number of nitrogens with zero attached hydrogens (tertiary/aromatic N) is 3. The molecule has 8 heteroatoms. The third-order valence-electron chi connectivity index (χ3n) is 4.58. The second-order valence-corrected chi connectivity index (χ2v) is 8.45. The molecule has 1 aromatic carbocycles. The van der Waals surface area contributed by atoms with Crippen molar-refractivity contribution >= 4 is 50.3 Å². The van der Waals surface area contributed by atoms with E-state index >= 15 is 0 Å². The van der Waals surface area contributed by atoms with Crippen LogP contribution in [-0.4, -0.2) is 29.7 Å². The number of ether oxygens (including phenoxy) is 1. The molecule has 0 saturated heterocycles. The van der Waals surface area contributed by atoms with E-state index in [-0.39, 0.29) is 24.4 Å². The minimum atomic E-state index is -0.523. The SMILES string of the molecule is CC(=O)OC(CCCCCC(C)(C(=O)CBr)c1cccc(I)c1)CN=[N+]=[N-]. The van der Waals surface area contributed by atoms with Gasteiger partial charge < -0.3 is 4.74 Å². The molecule has 0 bridgehead atoms. The first kappa shape index (κ1) is 23.9. The van der Waals surface area contributed by atoms with Gasteiger partial charge in [-0.25, -0.2) is 0 Å². The molecular formula is C19H25BrIN3O3. The lowest BCUT2D eigenvalue weighted by atomic mass is 9.75. The van der Waals surface area contributed by atoms with Crippen LogP contribution in [0.1, 0.15) is 51.5 Å². The summed E-state index contributed by atoms with van der Waals surface area (Å²) < 4.78 is 6.29. The van der Waals surface area contributed by atoms with Crippen molar-refractivity contribution in [1.29, 1.82) is 0 Å². The van der Waals surface area contributed by atoms with E-state index in [1.165, 1.54) is 6.92 Å². The number of hydrogen-bond acceptors (Lipinski definition) is 4. The number of azide groups is 1. The molecule has 6 nitrogen and oxygen atoms in total. The minimum Gasteiger partial charge on any atom is -0.462 e. The van der Waals surface area contributed by atoms with Gasteiger partial charge in [-0.3, -0.25) is 9.59 Å². The van der Waals surface area contributed by atoms with Crippen LogP contribution in [-0.2, 0) is 19.7 Å². The number of esters is 1. The molecule has 0 heterocycles. The largest absolute Gasteiger partial charge is 0.462 e. The van der Waals surface area contributed by atoms with Crippen LogP contribution in [0.2, 0.25) is 0 Å². The molecule has 0 spiro atoms. The molecule has 0 fully saturated rings. The summed E-state index contributed by atoms with van der Waals surface area (Å²) in [5.74, 6) is -0.201. The van der Waals surface area contributed by atoms with Gasteiger partial charge >= 0.3 is 5.97 Å². The molecule has 148 valence electrons. The molecule has 0 aliphatic carbocycles. The van der Waals surface area contributed by atoms with Crippen LogP contribution in [0, 0.1) is 3.57 Å². The highest BCUT2D eigenvalue weighted by Crippen LogP contribution is 2.32. The van der Waals surface area contributed by atoms with E-state index in [4.69, 9.17) is 10.3 Å². The molecule has 0 aromatic heterocycles. The second kappa shape index (κ2) is 12.4. The van der Waals surface area contributed by atoms with Gasteiger partial charge in [0.25, 0.3) is 0 Å². The average molecular weight is 550 g/mol. The maximum atomic E-state index is 12.6. The van der Waals surface area contributed by atoms with Crippen LogP contribution in [0.15, 0.2) is 29.4 Å². The first-order valence-electron chi connectivity index (χ1n) is 8.87. The molecule has 2 unspecified atom stereocenters. The number of Topliss-reactive ketones (excluding diaryl/α,β-unsaturated/α-hetero) is 1. The highest BCUT2D eigenvalue weighted by atomic mass is 127. The maximum Gasteiger partial charge on any atom is 0.302 e. The zero-order valence-electron chi connectivity index (χ0n) is 15.7. The summed E-state index contributed by atoms with van der Waals surface area (Å²) in [6.07, 6.45) is 3.64. The Morgan fingerprint density at radius 1 is 1.37 bits per heavy atom. The van der Waals surface area contributed by atoms with E-state index < -0.39 is 5.41 Å². The molecule has 0 N–H and O–H groups in total. The zero-order chi connectivity index (χ0) is 20.3. The molecule has 0 radical (unpaired) electrons. The number of rotatable bonds is 12. The van der Waals surface area contributed by atoms with Crippen molar-refractivity contribution in [3.63, 3.8) is 0 Å². The standard InChI is InChI=1S/C19H25BrIN3O3/c1-14(25)27-17(13-23-24-22)9-4-3-5-10-19(2,18(26)12-20)15-7-6-8-16(21)11-15/h6-8,11,17H,3-5,9-10,12-13H2,1-2H3. The zero-order valence-corrected chi connectivity index (χ0v) is 19.4. The van der Waals surface area contributed by atoms with Crippen molar-refractivity contribution in [1.82, 2.24) is 0 Å². The summed E-state index contributed by atoms with van der Waals surface area (Å²) in [6, 6.07) is 8.08. The third-order valence-corrected chi connectivity index (χ3v) is 5.76. The first-order chi connectivity index (χ1) is 12.8. The lowest BCUT2D eigenvalue weighted by Crippen LogP contribution is -2.33. The Labute approximate surface area is 182 Å². The Morgan fingerprint density at radius 2 is 2.11 bits per heavy atom. The van der Waals surface area contributed by atoms with E-state index in [2.05, 4.69) is 54.6 Å². The van der Waals surface area contributed by atoms with Crippen LogP contribution in [0.5, 0.6) is 0 Å². The number of carbonyl (C=O) groups is 2. The Hall–Kier alpha value is -1.12. The Balaban J connectivity index is 2.62. The van der Waals surface area contributed by atoms with Crippen molar-refractivity contribution in [2.24, 2.45) is 5.11 Å². The fourth-order valence-electron chi connectivity index (χ4n) is 3.00. The van der Waals surface area contributed by atoms with Crippen molar-refractivity contribution in [3.05, 3.63) is 43.8 Å². The van der Waals surface area contributed by atoms with Gasteiger partial charge in [0.1, 0.15) is 6.10 Å². The van der Waals surface area contributed by atoms with E-state index in [0.717, 1.165) is 34.8 Å². The highest BCUT2D eigenvalue weighted by molar-refractivity contribution is 14.1. The molecule has 0 aliphatic rings. The van der Waals surface area contributed by atoms with Crippen molar-refractivity contribution in [2.75, 3.05) is 11.9 Å². The molecular weight excluding hydrogens is 525 g/mol. The number of alkyl halides is 1. The number of carbonyl (C=O) groups excluding carboxylic acids is 2. The fourth-order valence-corrected chi connectivity index (χ4v) is 4.16. The average Bonchev–Trinajstić information content (AvgIpc) is 2.64. The molecule has 2 atom stereocenters. The summed E-state index contributed by atoms with van der Waals surface area (Å²) in [4.78, 5) is 26.5. The van der Waals surface area contributed by atoms with E-state index in [1.54, 1.807) is 0 Å². The number of halogens is 2. The minimum absolute atomic E-state index is 0.151. The van der Waals surface area contributed by atoms with Crippen LogP contribution < -0.4 is 0 Å². The predicted octanol–water partition coefficient (Wildman–Crippen LogP) is 5.71. The summed E-state index contributed by atoms with van der Waals surface area (Å²) in [5.41, 5.74) is 8.95. The fraction of sp³-hybridized carbons (Fsp3) is 0.579. The number of ketones is 1. The van der Waals surface area contributed by atoms with Gasteiger partial charge in [0.05, 0.1) is 17.3 Å². The third kappa shape index (κ3) is 8.19. The molecule has 0 saturated carbocycles. The van der Waals surface area contributed by atoms with Gasteiger partial charge in [0.15, 0.2) is 5.78 Å². The topological polar surface area (TPSA) is 92.1 Å². The molecule has 1 rings (SSSR count). The summed E-state index contributed by atoms with van der Waals surface area (Å²) >= 11 is 5.58. The molecule has 27 heavy (non-hydrogen) atoms. The van der Waals surface area contributed by atoms with Gasteiger partial charge in [-0.15, -0.1) is 0 Å². The first-order valence-corrected chi connectivity index (χ1v) is 11.1. The molecule has 0 amide bonds. The Bertz CT molecular complexity index is 691. The van der Waals surface area contributed by atoms with Crippen molar-refractivity contribution in [2.45, 2.75) is 57.5 Å². The Kier molecular flexibility index (Phi) is 10.9. The van der Waals surface area contributed by atoms with E-state index in [9.17, 15) is 9.59 Å². The maximum absolute atomic E-state index is 12.6. The summed E-state index contributed by atoms with van der Waals surface area (Å²) in [5, 5.41) is 3.83. The normalized spacial score (nSPS) is 13.9. The van der Waals surface area contributed by atoms with Crippen LogP contribution >= 0.6 is 38.5 Å². The van der Waals surface area contributed by atoms with Crippen LogP contribution in [0.3, 0.4) is 0 Å².